The Bertz CT molecular complexity index is 3920. The van der Waals surface area contributed by atoms with Crippen LogP contribution in [-0.4, -0.2) is 24.5 Å². The number of hydrogen-bond acceptors (Lipinski definition) is 6. The maximum Gasteiger partial charge on any atom is 0.144 e. The first-order valence-corrected chi connectivity index (χ1v) is 26.2. The van der Waals surface area contributed by atoms with E-state index < -0.39 is 0 Å². The van der Waals surface area contributed by atoms with Gasteiger partial charge in [0.2, 0.25) is 0 Å². The zero-order chi connectivity index (χ0) is 52.5. The van der Waals surface area contributed by atoms with Crippen molar-refractivity contribution in [3.05, 3.63) is 230 Å². The molecule has 77 heavy (non-hydrogen) atoms. The number of benzene rings is 8. The predicted octanol–water partition coefficient (Wildman–Crippen LogP) is 17.6. The van der Waals surface area contributed by atoms with Gasteiger partial charge in [-0.2, -0.15) is 0 Å². The molecule has 0 N–H and O–H groups in total. The number of hydrogen-bond donors (Lipinski definition) is 0. The molecule has 0 radical (unpaired) electrons. The molecule has 0 unspecified atom stereocenters. The Labute approximate surface area is 467 Å². The molecule has 0 bridgehead atoms. The normalized spacial score (nSPS) is 12.8. The predicted molar refractivity (Wildman–Crippen MR) is 314 cm³/mol. The minimum atomic E-state index is -0.246. The number of nitrogens with zero attached hydrogens (tertiary/aromatic N) is 7. The van der Waals surface area contributed by atoms with E-state index in [1.54, 1.807) is 0 Å². The van der Waals surface area contributed by atoms with Crippen molar-refractivity contribution >= 4 is 44.6 Å². The maximum atomic E-state index is 5.41. The summed E-state index contributed by atoms with van der Waals surface area (Å²) in [6, 6.07) is 74.5. The van der Waals surface area contributed by atoms with Crippen LogP contribution in [0.25, 0.3) is 84.0 Å². The van der Waals surface area contributed by atoms with Crippen molar-refractivity contribution in [3.63, 3.8) is 0 Å². The van der Waals surface area contributed by atoms with E-state index in [0.29, 0.717) is 17.5 Å². The third-order valence-corrected chi connectivity index (χ3v) is 14.6. The summed E-state index contributed by atoms with van der Waals surface area (Å²) in [5, 5.41) is 2.20. The number of anilines is 4. The van der Waals surface area contributed by atoms with Crippen LogP contribution < -0.4 is 9.80 Å². The van der Waals surface area contributed by atoms with Gasteiger partial charge in [0.25, 0.3) is 0 Å². The van der Waals surface area contributed by atoms with Crippen LogP contribution in [0.1, 0.15) is 79.0 Å². The van der Waals surface area contributed by atoms with E-state index in [2.05, 4.69) is 284 Å². The Morgan fingerprint density at radius 1 is 0.429 bits per heavy atom. The van der Waals surface area contributed by atoms with Crippen molar-refractivity contribution in [2.45, 2.75) is 78.6 Å². The Hall–Kier alpha value is -7.99. The van der Waals surface area contributed by atoms with E-state index in [4.69, 9.17) is 19.9 Å². The standard InChI is InChI=1S/C69H60N7.Pt/c1-67(2,3)50-34-31-47(32-35-50)64-71-65(48-33-36-57-56-25-16-17-28-58(56)76(61(57)41-48)62-43-51(37-38-70-62)68(4,5)6)73-66(72-64)49-39-52(69(7,8)9)42-53(40-49)74-44-75(60-30-19-18-29-59(60)74)63-54(45-21-12-10-13-22-45)26-20-27-55(63)46-23-14-11-15-24-46;/h10-39,42-44H,1-9H3;/q-3;. The van der Waals surface area contributed by atoms with Crippen LogP contribution in [-0.2, 0) is 37.3 Å². The summed E-state index contributed by atoms with van der Waals surface area (Å²) in [5.74, 6) is 2.44. The molecule has 0 spiro atoms. The van der Waals surface area contributed by atoms with E-state index in [1.807, 2.05) is 6.20 Å². The van der Waals surface area contributed by atoms with Gasteiger partial charge in [-0.25, -0.2) is 4.98 Å². The first kappa shape index (κ1) is 51.1. The maximum absolute atomic E-state index is 5.41. The van der Waals surface area contributed by atoms with Crippen molar-refractivity contribution in [1.29, 1.82) is 0 Å². The monoisotopic (exact) mass is 1180 g/mol. The summed E-state index contributed by atoms with van der Waals surface area (Å²) in [6.07, 6.45) is 1.91. The molecule has 8 heteroatoms. The Morgan fingerprint density at radius 3 is 1.64 bits per heavy atom. The van der Waals surface area contributed by atoms with Crippen molar-refractivity contribution in [2.24, 2.45) is 0 Å². The summed E-state index contributed by atoms with van der Waals surface area (Å²) in [6.45, 7) is 22.4. The third-order valence-electron chi connectivity index (χ3n) is 14.6. The fraction of sp³-hybridized carbons (Fsp3) is 0.174. The summed E-state index contributed by atoms with van der Waals surface area (Å²) in [7, 11) is 0. The third kappa shape index (κ3) is 9.67. The molecule has 0 aliphatic carbocycles. The van der Waals surface area contributed by atoms with Crippen molar-refractivity contribution in [3.8, 4) is 62.2 Å². The van der Waals surface area contributed by atoms with Gasteiger partial charge in [0.05, 0.1) is 11.6 Å². The smallest absolute Gasteiger partial charge is 0.144 e. The Kier molecular flexibility index (Phi) is 13.2. The van der Waals surface area contributed by atoms with Crippen LogP contribution in [0.15, 0.2) is 194 Å². The van der Waals surface area contributed by atoms with Gasteiger partial charge >= 0.3 is 0 Å². The average Bonchev–Trinajstić information content (AvgIpc) is 4.21. The second-order valence-electron chi connectivity index (χ2n) is 23.0. The molecule has 11 aromatic rings. The van der Waals surface area contributed by atoms with Crippen molar-refractivity contribution < 1.29 is 21.1 Å². The van der Waals surface area contributed by atoms with E-state index in [9.17, 15) is 0 Å². The van der Waals surface area contributed by atoms with Gasteiger partial charge in [-0.3, -0.25) is 9.97 Å². The summed E-state index contributed by atoms with van der Waals surface area (Å²) < 4.78 is 2.22. The topological polar surface area (TPSA) is 63.0 Å². The molecule has 12 rings (SSSR count). The minimum Gasteiger partial charge on any atom is -0.488 e. The van der Waals surface area contributed by atoms with Crippen LogP contribution in [0.4, 0.5) is 22.7 Å². The molecule has 0 fully saturated rings. The molecule has 3 aromatic heterocycles. The van der Waals surface area contributed by atoms with Crippen molar-refractivity contribution in [1.82, 2.24) is 24.5 Å². The molecule has 0 saturated carbocycles. The minimum absolute atomic E-state index is 0. The summed E-state index contributed by atoms with van der Waals surface area (Å²) in [4.78, 5) is 25.6. The van der Waals surface area contributed by atoms with Crippen molar-refractivity contribution in [2.75, 3.05) is 9.80 Å². The first-order chi connectivity index (χ1) is 36.6. The van der Waals surface area contributed by atoms with Gasteiger partial charge in [0.1, 0.15) is 11.6 Å². The zero-order valence-corrected chi connectivity index (χ0v) is 47.3. The number of pyridine rings is 1. The van der Waals surface area contributed by atoms with Crippen LogP contribution in [0.2, 0.25) is 0 Å². The SMILES string of the molecule is CC(C)(C)c1ccc(-c2nc(-c3[c-]c4c(cc3)c3ccccc3n4-c3cc(C(C)(C)C)ccn3)nc(-c3[c-]c(N4[CH-]N(c5c(-c6ccccc6)cccc5-c5ccccc5)c5ccccc54)cc(C(C)(C)C)c3)n2)cc1.[Pt]. The Balaban J connectivity index is 0.00000631. The quantitative estimate of drug-likeness (QED) is 0.141. The molecule has 8 aromatic carbocycles. The molecule has 1 aliphatic heterocycles. The van der Waals surface area contributed by atoms with Gasteiger partial charge in [0, 0.05) is 66.5 Å². The molecule has 0 amide bonds. The number of rotatable bonds is 8. The van der Waals surface area contributed by atoms with Crippen LogP contribution >= 0.6 is 0 Å². The number of aromatic nitrogens is 5. The molecule has 0 atom stereocenters. The molecule has 4 heterocycles. The fourth-order valence-corrected chi connectivity index (χ4v) is 10.4. The zero-order valence-electron chi connectivity index (χ0n) is 45.0. The van der Waals surface area contributed by atoms with E-state index >= 15 is 0 Å². The molecular weight excluding hydrogens is 1120 g/mol. The molecule has 7 nitrogen and oxygen atoms in total. The second kappa shape index (κ2) is 19.9. The van der Waals surface area contributed by atoms with Crippen LogP contribution in [0.3, 0.4) is 0 Å². The van der Waals surface area contributed by atoms with E-state index in [1.165, 1.54) is 11.1 Å². The van der Waals surface area contributed by atoms with E-state index in [0.717, 1.165) is 94.9 Å². The first-order valence-electron chi connectivity index (χ1n) is 26.2. The van der Waals surface area contributed by atoms with Gasteiger partial charge in [-0.05, 0) is 79.7 Å². The van der Waals surface area contributed by atoms with Gasteiger partial charge < -0.3 is 19.4 Å². The van der Waals surface area contributed by atoms with Gasteiger partial charge in [-0.15, -0.1) is 59.8 Å². The molecule has 0 saturated heterocycles. The number of para-hydroxylation sites is 4. The molecule has 1 aliphatic rings. The summed E-state index contributed by atoms with van der Waals surface area (Å²) >= 11 is 0. The van der Waals surface area contributed by atoms with Crippen LogP contribution in [0.5, 0.6) is 0 Å². The Morgan fingerprint density at radius 2 is 1.00 bits per heavy atom. The number of fused-ring (bicyclic) bond motifs is 4. The van der Waals surface area contributed by atoms with E-state index in [-0.39, 0.29) is 37.3 Å². The summed E-state index contributed by atoms with van der Waals surface area (Å²) in [5.41, 5.74) is 16.2. The fourth-order valence-electron chi connectivity index (χ4n) is 10.4. The van der Waals surface area contributed by atoms with Gasteiger partial charge in [-0.1, -0.05) is 207 Å². The molecule has 384 valence electrons. The van der Waals surface area contributed by atoms with Gasteiger partial charge in [0.15, 0.2) is 0 Å². The van der Waals surface area contributed by atoms with Crippen LogP contribution in [0, 0.1) is 18.8 Å². The largest absolute Gasteiger partial charge is 0.488 e. The average molecular weight is 1180 g/mol. The molecular formula is C69H60N7Pt-3. The second-order valence-corrected chi connectivity index (χ2v) is 23.0.